The smallest absolute Gasteiger partial charge is 0.0594 e. The average Bonchev–Trinajstić information content (AvgIpc) is 2.81. The first kappa shape index (κ1) is 32.4. The van der Waals surface area contributed by atoms with Crippen LogP contribution in [0.3, 0.4) is 0 Å². The van der Waals surface area contributed by atoms with E-state index in [1.54, 1.807) is 43.9 Å². The normalized spacial score (nSPS) is 12.0. The van der Waals surface area contributed by atoms with Gasteiger partial charge in [-0.2, -0.15) is 0 Å². The molecule has 0 bridgehead atoms. The van der Waals surface area contributed by atoms with Crippen LogP contribution < -0.4 is 0 Å². The largest absolute Gasteiger partial charge is 0.0654 e. The van der Waals surface area contributed by atoms with Crippen molar-refractivity contribution < 1.29 is 0 Å². The summed E-state index contributed by atoms with van der Waals surface area (Å²) in [5.74, 6) is 0. The van der Waals surface area contributed by atoms with Gasteiger partial charge in [0.15, 0.2) is 0 Å². The molecule has 32 heavy (non-hydrogen) atoms. The fourth-order valence-corrected chi connectivity index (χ4v) is 10.4. The predicted molar refractivity (Wildman–Crippen MR) is 155 cm³/mol. The zero-order valence-corrected chi connectivity index (χ0v) is 24.4. The first-order chi connectivity index (χ1) is 15.7. The minimum absolute atomic E-state index is 0.697. The van der Waals surface area contributed by atoms with Crippen molar-refractivity contribution in [3.8, 4) is 0 Å². The molecule has 0 aromatic carbocycles. The molecule has 0 aromatic heterocycles. The Bertz CT molecular complexity index is 292. The van der Waals surface area contributed by atoms with Crippen molar-refractivity contribution in [3.05, 3.63) is 0 Å². The van der Waals surface area contributed by atoms with Crippen LogP contribution in [0.1, 0.15) is 175 Å². The van der Waals surface area contributed by atoms with Gasteiger partial charge in [0.2, 0.25) is 0 Å². The Labute approximate surface area is 207 Å². The molecule has 194 valence electrons. The Hall–Kier alpha value is 0.430. The maximum Gasteiger partial charge on any atom is 0.0594 e. The molecular weight excluding hydrogens is 403 g/mol. The summed E-state index contributed by atoms with van der Waals surface area (Å²) in [5, 5.41) is 0. The lowest BCUT2D eigenvalue weighted by Crippen LogP contribution is -2.13. The molecule has 0 fully saturated rings. The summed E-state index contributed by atoms with van der Waals surface area (Å²) >= 11 is 0. The highest BCUT2D eigenvalue weighted by Gasteiger charge is 2.34. The van der Waals surface area contributed by atoms with Crippen molar-refractivity contribution in [2.24, 2.45) is 0 Å². The van der Waals surface area contributed by atoms with E-state index in [9.17, 15) is 0 Å². The molecule has 0 aliphatic carbocycles. The number of unbranched alkanes of at least 4 members (excludes halogenated alkanes) is 19. The van der Waals surface area contributed by atoms with Crippen LogP contribution in [0.25, 0.3) is 0 Å². The average molecular weight is 470 g/mol. The van der Waals surface area contributed by atoms with Crippen molar-refractivity contribution in [3.63, 3.8) is 0 Å². The fourth-order valence-electron chi connectivity index (χ4n) is 5.38. The number of rotatable bonds is 27. The van der Waals surface area contributed by atoms with Gasteiger partial charge in [-0.1, -0.05) is 130 Å². The number of hydrogen-bond acceptors (Lipinski definition) is 0. The first-order valence-corrected chi connectivity index (χ1v) is 18.1. The molecule has 0 nitrogen and oxygen atoms in total. The molecule has 0 rings (SSSR count). The topological polar surface area (TPSA) is 0 Å². The third-order valence-corrected chi connectivity index (χ3v) is 12.8. The third-order valence-electron chi connectivity index (χ3n) is 7.69. The summed E-state index contributed by atoms with van der Waals surface area (Å²) in [5.41, 5.74) is 0. The monoisotopic (exact) mass is 469 g/mol. The van der Waals surface area contributed by atoms with Gasteiger partial charge in [0.05, 0.1) is 24.6 Å². The van der Waals surface area contributed by atoms with E-state index in [2.05, 4.69) is 27.7 Å². The van der Waals surface area contributed by atoms with Gasteiger partial charge < -0.3 is 0 Å². The van der Waals surface area contributed by atoms with Crippen molar-refractivity contribution in [2.45, 2.75) is 175 Å². The van der Waals surface area contributed by atoms with E-state index in [1.807, 2.05) is 0 Å². The van der Waals surface area contributed by atoms with Gasteiger partial charge in [-0.25, -0.2) is 0 Å². The summed E-state index contributed by atoms with van der Waals surface area (Å²) in [6, 6.07) is 0. The maximum atomic E-state index is 2.42. The van der Waals surface area contributed by atoms with Gasteiger partial charge in [-0.05, 0) is 44.9 Å². The van der Waals surface area contributed by atoms with Crippen molar-refractivity contribution in [1.29, 1.82) is 0 Å². The highest BCUT2D eigenvalue weighted by molar-refractivity contribution is 7.75. The lowest BCUT2D eigenvalue weighted by Gasteiger charge is -2.28. The van der Waals surface area contributed by atoms with Crippen LogP contribution in [-0.4, -0.2) is 24.6 Å². The molecule has 0 heterocycles. The highest BCUT2D eigenvalue weighted by Crippen LogP contribution is 2.61. The lowest BCUT2D eigenvalue weighted by molar-refractivity contribution is 0.595. The third kappa shape index (κ3) is 21.0. The molecule has 1 heteroatoms. The summed E-state index contributed by atoms with van der Waals surface area (Å²) in [6.07, 6.45) is 40.6. The minimum atomic E-state index is -0.697. The van der Waals surface area contributed by atoms with Gasteiger partial charge in [0.1, 0.15) is 0 Å². The predicted octanol–water partition coefficient (Wildman–Crippen LogP) is 12.1. The van der Waals surface area contributed by atoms with E-state index in [4.69, 9.17) is 0 Å². The molecule has 0 atom stereocenters. The quantitative estimate of drug-likeness (QED) is 0.0828. The maximum absolute atomic E-state index is 2.42. The van der Waals surface area contributed by atoms with E-state index < -0.39 is 7.26 Å². The van der Waals surface area contributed by atoms with E-state index in [-0.39, 0.29) is 0 Å². The van der Waals surface area contributed by atoms with Crippen LogP contribution >= 0.6 is 7.26 Å². The molecule has 0 amide bonds. The van der Waals surface area contributed by atoms with E-state index in [1.165, 1.54) is 128 Å². The SMILES string of the molecule is CCCCCCCCC[P+](CCCC)(CCCCCCCCC)CCCCCCCCC. The van der Waals surface area contributed by atoms with Crippen molar-refractivity contribution in [1.82, 2.24) is 0 Å². The Morgan fingerprint density at radius 2 is 0.469 bits per heavy atom. The highest BCUT2D eigenvalue weighted by atomic mass is 31.2. The molecule has 0 aliphatic rings. The first-order valence-electron chi connectivity index (χ1n) is 15.6. The van der Waals surface area contributed by atoms with Crippen LogP contribution in [0.5, 0.6) is 0 Å². The van der Waals surface area contributed by atoms with E-state index in [0.717, 1.165) is 0 Å². The molecule has 0 aromatic rings. The van der Waals surface area contributed by atoms with Gasteiger partial charge in [0, 0.05) is 7.26 Å². The molecule has 0 aliphatic heterocycles. The summed E-state index contributed by atoms with van der Waals surface area (Å²) in [7, 11) is -0.697. The van der Waals surface area contributed by atoms with Crippen molar-refractivity contribution >= 4 is 7.26 Å². The van der Waals surface area contributed by atoms with Crippen LogP contribution in [0.2, 0.25) is 0 Å². The van der Waals surface area contributed by atoms with Gasteiger partial charge in [-0.15, -0.1) is 0 Å². The molecule has 0 saturated heterocycles. The minimum Gasteiger partial charge on any atom is -0.0654 e. The van der Waals surface area contributed by atoms with Gasteiger partial charge in [-0.3, -0.25) is 0 Å². The summed E-state index contributed by atoms with van der Waals surface area (Å²) in [6.45, 7) is 9.42. The summed E-state index contributed by atoms with van der Waals surface area (Å²) < 4.78 is 0. The summed E-state index contributed by atoms with van der Waals surface area (Å²) in [4.78, 5) is 0. The molecule has 0 radical (unpaired) electrons. The zero-order valence-electron chi connectivity index (χ0n) is 23.5. The van der Waals surface area contributed by atoms with Crippen LogP contribution in [0, 0.1) is 0 Å². The second-order valence-electron chi connectivity index (χ2n) is 11.0. The second-order valence-corrected chi connectivity index (χ2v) is 15.4. The van der Waals surface area contributed by atoms with Crippen molar-refractivity contribution in [2.75, 3.05) is 24.6 Å². The zero-order chi connectivity index (χ0) is 23.6. The van der Waals surface area contributed by atoms with Crippen LogP contribution in [0.15, 0.2) is 0 Å². The van der Waals surface area contributed by atoms with Gasteiger partial charge in [0.25, 0.3) is 0 Å². The Morgan fingerprint density at radius 3 is 0.750 bits per heavy atom. The van der Waals surface area contributed by atoms with Gasteiger partial charge >= 0.3 is 0 Å². The van der Waals surface area contributed by atoms with Crippen LogP contribution in [-0.2, 0) is 0 Å². The van der Waals surface area contributed by atoms with Crippen LogP contribution in [0.4, 0.5) is 0 Å². The molecule has 0 spiro atoms. The van der Waals surface area contributed by atoms with E-state index >= 15 is 0 Å². The molecule has 0 saturated carbocycles. The lowest BCUT2D eigenvalue weighted by atomic mass is 10.1. The Kier molecular flexibility index (Phi) is 26.4. The number of hydrogen-bond donors (Lipinski definition) is 0. The fraction of sp³-hybridized carbons (Fsp3) is 1.00. The second kappa shape index (κ2) is 26.0. The Morgan fingerprint density at radius 1 is 0.250 bits per heavy atom. The molecule has 0 unspecified atom stereocenters. The Balaban J connectivity index is 4.51. The molecular formula is C31H66P+. The standard InChI is InChI=1S/C31H66P/c1-5-9-13-16-19-22-25-29-32(28-12-8-4,30-26-23-20-17-14-10-6-2)31-27-24-21-18-15-11-7-3/h5-31H2,1-4H3/q+1. The molecule has 0 N–H and O–H groups in total. The van der Waals surface area contributed by atoms with E-state index in [0.29, 0.717) is 0 Å².